The van der Waals surface area contributed by atoms with E-state index in [1.165, 1.54) is 18.4 Å². The van der Waals surface area contributed by atoms with Crippen LogP contribution >= 0.6 is 0 Å². The van der Waals surface area contributed by atoms with Gasteiger partial charge in [-0.15, -0.1) is 0 Å². The molecule has 4 rings (SSSR count). The molecule has 1 aromatic heterocycles. The van der Waals surface area contributed by atoms with Gasteiger partial charge in [-0.25, -0.2) is 0 Å². The Bertz CT molecular complexity index is 888. The molecule has 2 amide bonds. The predicted octanol–water partition coefficient (Wildman–Crippen LogP) is 2.95. The maximum Gasteiger partial charge on any atom is 0.253 e. The average Bonchev–Trinajstić information content (AvgIpc) is 2.92. The van der Waals surface area contributed by atoms with Crippen molar-refractivity contribution in [2.75, 3.05) is 45.8 Å². The first-order valence-electron chi connectivity index (χ1n) is 10.9. The molecule has 6 heteroatoms. The number of carbonyl (C=O) groups is 2. The third-order valence-electron chi connectivity index (χ3n) is 6.53. The number of amides is 2. The van der Waals surface area contributed by atoms with Crippen LogP contribution < -0.4 is 0 Å². The lowest BCUT2D eigenvalue weighted by Gasteiger charge is -2.35. The van der Waals surface area contributed by atoms with Crippen LogP contribution in [-0.4, -0.2) is 77.3 Å². The summed E-state index contributed by atoms with van der Waals surface area (Å²) in [6.45, 7) is 9.30. The summed E-state index contributed by atoms with van der Waals surface area (Å²) < 4.78 is 0. The topological polar surface area (TPSA) is 59.7 Å². The number of aryl methyl sites for hydroxylation is 2. The minimum Gasteiger partial charge on any atom is -0.358 e. The summed E-state index contributed by atoms with van der Waals surface area (Å²) in [4.78, 5) is 35.1. The van der Waals surface area contributed by atoms with Gasteiger partial charge in [0.2, 0.25) is 5.91 Å². The second-order valence-electron chi connectivity index (χ2n) is 8.50. The molecular weight excluding hydrogens is 364 g/mol. The Morgan fingerprint density at radius 2 is 1.59 bits per heavy atom. The molecule has 1 aromatic carbocycles. The third-order valence-corrected chi connectivity index (χ3v) is 6.53. The van der Waals surface area contributed by atoms with Crippen molar-refractivity contribution in [2.45, 2.75) is 39.5 Å². The lowest BCUT2D eigenvalue weighted by molar-refractivity contribution is -0.132. The molecule has 3 heterocycles. The van der Waals surface area contributed by atoms with Crippen LogP contribution in [0.1, 0.15) is 47.3 Å². The zero-order valence-electron chi connectivity index (χ0n) is 17.7. The number of carbonyl (C=O) groups excluding carboxylic acids is 2. The summed E-state index contributed by atoms with van der Waals surface area (Å²) in [5, 5.41) is 1.12. The van der Waals surface area contributed by atoms with Gasteiger partial charge in [-0.1, -0.05) is 12.8 Å². The minimum atomic E-state index is 0.0867. The molecule has 2 aliphatic heterocycles. The highest BCUT2D eigenvalue weighted by Gasteiger charge is 2.25. The number of hydrogen-bond donors (Lipinski definition) is 1. The molecule has 0 radical (unpaired) electrons. The Balaban J connectivity index is 1.33. The van der Waals surface area contributed by atoms with E-state index < -0.39 is 0 Å². The molecule has 1 N–H and O–H groups in total. The quantitative estimate of drug-likeness (QED) is 0.868. The van der Waals surface area contributed by atoms with Crippen LogP contribution in [0, 0.1) is 13.8 Å². The number of aromatic nitrogens is 1. The molecule has 0 aliphatic carbocycles. The summed E-state index contributed by atoms with van der Waals surface area (Å²) in [5.41, 5.74) is 4.17. The number of aromatic amines is 1. The first-order valence-corrected chi connectivity index (χ1v) is 10.9. The number of hydrogen-bond acceptors (Lipinski definition) is 3. The number of fused-ring (bicyclic) bond motifs is 1. The monoisotopic (exact) mass is 396 g/mol. The number of nitrogens with one attached hydrogen (secondary N) is 1. The van der Waals surface area contributed by atoms with Crippen molar-refractivity contribution in [1.29, 1.82) is 0 Å². The van der Waals surface area contributed by atoms with E-state index in [0.29, 0.717) is 19.6 Å². The van der Waals surface area contributed by atoms with Crippen molar-refractivity contribution in [3.63, 3.8) is 0 Å². The van der Waals surface area contributed by atoms with E-state index in [1.807, 2.05) is 28.0 Å². The van der Waals surface area contributed by atoms with E-state index in [2.05, 4.69) is 23.7 Å². The predicted molar refractivity (Wildman–Crippen MR) is 115 cm³/mol. The van der Waals surface area contributed by atoms with E-state index in [0.717, 1.165) is 61.2 Å². The van der Waals surface area contributed by atoms with Crippen LogP contribution in [0.5, 0.6) is 0 Å². The summed E-state index contributed by atoms with van der Waals surface area (Å²) in [7, 11) is 0. The minimum absolute atomic E-state index is 0.0867. The molecule has 0 saturated carbocycles. The largest absolute Gasteiger partial charge is 0.358 e. The zero-order chi connectivity index (χ0) is 20.4. The summed E-state index contributed by atoms with van der Waals surface area (Å²) in [6, 6.07) is 5.92. The van der Waals surface area contributed by atoms with E-state index in [4.69, 9.17) is 0 Å². The van der Waals surface area contributed by atoms with E-state index in [1.54, 1.807) is 0 Å². The highest BCUT2D eigenvalue weighted by molar-refractivity contribution is 5.99. The fourth-order valence-electron chi connectivity index (χ4n) is 4.50. The van der Waals surface area contributed by atoms with Crippen LogP contribution in [0.15, 0.2) is 18.2 Å². The lowest BCUT2D eigenvalue weighted by Crippen LogP contribution is -2.51. The second kappa shape index (κ2) is 8.57. The van der Waals surface area contributed by atoms with Gasteiger partial charge >= 0.3 is 0 Å². The normalized spacial score (nSPS) is 18.8. The second-order valence-corrected chi connectivity index (χ2v) is 8.50. The standard InChI is InChI=1S/C23H32N4O2/c1-17-18(2)24-21-8-7-19(15-20(17)21)23(29)27-13-11-25(12-14-27)16-22(28)26-9-5-3-4-6-10-26/h7-8,15,24H,3-6,9-14,16H2,1-2H3. The Morgan fingerprint density at radius 3 is 2.28 bits per heavy atom. The first-order chi connectivity index (χ1) is 14.0. The number of piperazine rings is 1. The highest BCUT2D eigenvalue weighted by Crippen LogP contribution is 2.23. The summed E-state index contributed by atoms with van der Waals surface area (Å²) >= 11 is 0. The molecule has 0 unspecified atom stereocenters. The van der Waals surface area contributed by atoms with Crippen molar-refractivity contribution in [3.05, 3.63) is 35.0 Å². The number of likely N-dealkylation sites (tertiary alicyclic amines) is 1. The molecule has 2 fully saturated rings. The average molecular weight is 397 g/mol. The SMILES string of the molecule is Cc1[nH]c2ccc(C(=O)N3CCN(CC(=O)N4CCCCCC4)CC3)cc2c1C. The van der Waals surface area contributed by atoms with Gasteiger partial charge in [0, 0.05) is 61.4 Å². The molecule has 2 aromatic rings. The molecule has 29 heavy (non-hydrogen) atoms. The van der Waals surface area contributed by atoms with Gasteiger partial charge in [0.05, 0.1) is 6.54 Å². The van der Waals surface area contributed by atoms with Crippen LogP contribution in [0.4, 0.5) is 0 Å². The van der Waals surface area contributed by atoms with E-state index in [9.17, 15) is 9.59 Å². The lowest BCUT2D eigenvalue weighted by atomic mass is 10.1. The zero-order valence-corrected chi connectivity index (χ0v) is 17.7. The first kappa shape index (κ1) is 20.0. The van der Waals surface area contributed by atoms with Gasteiger partial charge in [-0.3, -0.25) is 14.5 Å². The molecular formula is C23H32N4O2. The van der Waals surface area contributed by atoms with Gasteiger partial charge in [0.25, 0.3) is 5.91 Å². The Hall–Kier alpha value is -2.34. The van der Waals surface area contributed by atoms with E-state index in [-0.39, 0.29) is 11.8 Å². The van der Waals surface area contributed by atoms with Gasteiger partial charge in [0.1, 0.15) is 0 Å². The fraction of sp³-hybridized carbons (Fsp3) is 0.565. The maximum absolute atomic E-state index is 13.0. The Morgan fingerprint density at radius 1 is 0.897 bits per heavy atom. The Kier molecular flexibility index (Phi) is 5.90. The van der Waals surface area contributed by atoms with Crippen LogP contribution in [0.3, 0.4) is 0 Å². The van der Waals surface area contributed by atoms with Crippen LogP contribution in [0.25, 0.3) is 10.9 Å². The van der Waals surface area contributed by atoms with Crippen molar-refractivity contribution < 1.29 is 9.59 Å². The fourth-order valence-corrected chi connectivity index (χ4v) is 4.50. The van der Waals surface area contributed by atoms with Crippen molar-refractivity contribution >= 4 is 22.7 Å². The van der Waals surface area contributed by atoms with Gasteiger partial charge in [-0.05, 0) is 50.5 Å². The molecule has 2 aliphatic rings. The number of rotatable bonds is 3. The highest BCUT2D eigenvalue weighted by atomic mass is 16.2. The van der Waals surface area contributed by atoms with Crippen molar-refractivity contribution in [1.82, 2.24) is 19.7 Å². The van der Waals surface area contributed by atoms with Crippen molar-refractivity contribution in [3.8, 4) is 0 Å². The number of benzene rings is 1. The molecule has 0 spiro atoms. The molecule has 0 bridgehead atoms. The Labute approximate surface area is 172 Å². The van der Waals surface area contributed by atoms with Crippen LogP contribution in [-0.2, 0) is 4.79 Å². The van der Waals surface area contributed by atoms with Gasteiger partial charge in [-0.2, -0.15) is 0 Å². The van der Waals surface area contributed by atoms with Crippen molar-refractivity contribution in [2.24, 2.45) is 0 Å². The summed E-state index contributed by atoms with van der Waals surface area (Å²) in [5.74, 6) is 0.332. The number of nitrogens with zero attached hydrogens (tertiary/aromatic N) is 3. The van der Waals surface area contributed by atoms with Gasteiger partial charge < -0.3 is 14.8 Å². The van der Waals surface area contributed by atoms with Crippen LogP contribution in [0.2, 0.25) is 0 Å². The molecule has 6 nitrogen and oxygen atoms in total. The molecule has 156 valence electrons. The molecule has 0 atom stereocenters. The maximum atomic E-state index is 13.0. The third kappa shape index (κ3) is 4.32. The summed E-state index contributed by atoms with van der Waals surface area (Å²) in [6.07, 6.45) is 4.72. The van der Waals surface area contributed by atoms with E-state index >= 15 is 0 Å². The van der Waals surface area contributed by atoms with Gasteiger partial charge in [0.15, 0.2) is 0 Å². The number of H-pyrrole nitrogens is 1. The molecule has 2 saturated heterocycles. The smallest absolute Gasteiger partial charge is 0.253 e.